The van der Waals surface area contributed by atoms with E-state index in [1.54, 1.807) is 6.07 Å². The second-order valence-electron chi connectivity index (χ2n) is 4.16. The quantitative estimate of drug-likeness (QED) is 0.599. The summed E-state index contributed by atoms with van der Waals surface area (Å²) in [4.78, 5) is 9.88. The smallest absolute Gasteiger partial charge is 0.143 e. The molecule has 1 aromatic carbocycles. The van der Waals surface area contributed by atoms with Gasteiger partial charge in [-0.1, -0.05) is 6.07 Å². The molecular weight excluding hydrogens is 388 g/mol. The van der Waals surface area contributed by atoms with E-state index in [-0.39, 0.29) is 5.82 Å². The van der Waals surface area contributed by atoms with Gasteiger partial charge in [-0.3, -0.25) is 0 Å². The summed E-state index contributed by atoms with van der Waals surface area (Å²) >= 11 is 3.78. The molecule has 0 unspecified atom stereocenters. The third kappa shape index (κ3) is 4.05. The zero-order chi connectivity index (χ0) is 14.5. The van der Waals surface area contributed by atoms with Crippen molar-refractivity contribution in [2.75, 3.05) is 11.9 Å². The minimum Gasteiger partial charge on any atom is -0.369 e. The van der Waals surface area contributed by atoms with Crippen LogP contribution in [0.15, 0.2) is 29.2 Å². The molecule has 1 heterocycles. The van der Waals surface area contributed by atoms with E-state index in [9.17, 15) is 4.39 Å². The lowest BCUT2D eigenvalue weighted by Gasteiger charge is -2.10. The summed E-state index contributed by atoms with van der Waals surface area (Å²) in [5.41, 5.74) is 0.964. The van der Waals surface area contributed by atoms with Crippen LogP contribution in [-0.2, 0) is 5.75 Å². The number of hydrogen-bond donors (Lipinski definition) is 1. The number of benzene rings is 1. The molecule has 0 saturated carbocycles. The van der Waals surface area contributed by atoms with Crippen molar-refractivity contribution in [2.24, 2.45) is 0 Å². The Morgan fingerprint density at radius 2 is 2.15 bits per heavy atom. The van der Waals surface area contributed by atoms with E-state index in [4.69, 9.17) is 0 Å². The van der Waals surface area contributed by atoms with Gasteiger partial charge in [0, 0.05) is 11.4 Å². The van der Waals surface area contributed by atoms with Gasteiger partial charge in [-0.25, -0.2) is 14.4 Å². The molecule has 0 aliphatic carbocycles. The van der Waals surface area contributed by atoms with E-state index in [1.165, 1.54) is 23.9 Å². The van der Waals surface area contributed by atoms with Crippen molar-refractivity contribution in [3.63, 3.8) is 0 Å². The molecule has 106 valence electrons. The molecule has 2 aromatic rings. The van der Waals surface area contributed by atoms with E-state index in [0.29, 0.717) is 5.75 Å². The fraction of sp³-hybridized carbons (Fsp3) is 0.286. The molecule has 0 saturated heterocycles. The van der Waals surface area contributed by atoms with Crippen molar-refractivity contribution in [3.8, 4) is 0 Å². The minimum atomic E-state index is -0.219. The van der Waals surface area contributed by atoms with Crippen LogP contribution in [0.25, 0.3) is 0 Å². The van der Waals surface area contributed by atoms with E-state index < -0.39 is 0 Å². The average molecular weight is 403 g/mol. The lowest BCUT2D eigenvalue weighted by Crippen LogP contribution is -2.07. The standard InChI is InChI=1S/C14H15FIN3S/c1-3-17-14-13(16)9(2)18-12(19-14)8-20-11-6-4-5-10(15)7-11/h4-7H,3,8H2,1-2H3,(H,17,18,19). The molecule has 0 atom stereocenters. The lowest BCUT2D eigenvalue weighted by molar-refractivity contribution is 0.624. The Balaban J connectivity index is 2.13. The molecule has 20 heavy (non-hydrogen) atoms. The van der Waals surface area contributed by atoms with Gasteiger partial charge in [-0.05, 0) is 54.6 Å². The number of nitrogens with one attached hydrogen (secondary N) is 1. The van der Waals surface area contributed by atoms with Gasteiger partial charge in [0.1, 0.15) is 17.5 Å². The summed E-state index contributed by atoms with van der Waals surface area (Å²) in [7, 11) is 0. The number of nitrogens with zero attached hydrogens (tertiary/aromatic N) is 2. The molecule has 0 aliphatic heterocycles. The number of aromatic nitrogens is 2. The first-order valence-corrected chi connectivity index (χ1v) is 8.32. The first kappa shape index (κ1) is 15.5. The zero-order valence-corrected chi connectivity index (χ0v) is 14.3. The Bertz CT molecular complexity index is 607. The predicted octanol–water partition coefficient (Wildman–Crippen LogP) is 4.25. The fourth-order valence-corrected chi connectivity index (χ4v) is 2.90. The maximum Gasteiger partial charge on any atom is 0.143 e. The predicted molar refractivity (Wildman–Crippen MR) is 89.6 cm³/mol. The Labute approximate surface area is 135 Å². The molecular formula is C14H15FIN3S. The number of rotatable bonds is 5. The summed E-state index contributed by atoms with van der Waals surface area (Å²) in [5, 5.41) is 3.24. The average Bonchev–Trinajstić information content (AvgIpc) is 2.42. The van der Waals surface area contributed by atoms with Gasteiger partial charge in [-0.15, -0.1) is 11.8 Å². The molecule has 0 fully saturated rings. The number of hydrogen-bond acceptors (Lipinski definition) is 4. The SMILES string of the molecule is CCNc1nc(CSc2cccc(F)c2)nc(C)c1I. The van der Waals surface area contributed by atoms with Crippen LogP contribution < -0.4 is 5.32 Å². The zero-order valence-electron chi connectivity index (χ0n) is 11.3. The van der Waals surface area contributed by atoms with Crippen LogP contribution in [-0.4, -0.2) is 16.5 Å². The maximum atomic E-state index is 13.1. The normalized spacial score (nSPS) is 10.6. The van der Waals surface area contributed by atoms with Crippen molar-refractivity contribution in [2.45, 2.75) is 24.5 Å². The molecule has 0 amide bonds. The van der Waals surface area contributed by atoms with Gasteiger partial charge < -0.3 is 5.32 Å². The van der Waals surface area contributed by atoms with E-state index in [0.717, 1.165) is 32.3 Å². The van der Waals surface area contributed by atoms with Crippen LogP contribution in [0, 0.1) is 16.3 Å². The van der Waals surface area contributed by atoms with Gasteiger partial charge in [0.05, 0.1) is 15.0 Å². The van der Waals surface area contributed by atoms with Gasteiger partial charge in [0.15, 0.2) is 0 Å². The summed E-state index contributed by atoms with van der Waals surface area (Å²) in [5.74, 6) is 2.03. The second-order valence-corrected chi connectivity index (χ2v) is 6.29. The molecule has 0 bridgehead atoms. The van der Waals surface area contributed by atoms with Crippen LogP contribution in [0.4, 0.5) is 10.2 Å². The van der Waals surface area contributed by atoms with E-state index >= 15 is 0 Å². The number of anilines is 1. The molecule has 0 radical (unpaired) electrons. The van der Waals surface area contributed by atoms with Crippen LogP contribution in [0.1, 0.15) is 18.4 Å². The summed E-state index contributed by atoms with van der Waals surface area (Å²) in [6, 6.07) is 6.56. The van der Waals surface area contributed by atoms with E-state index in [2.05, 4.69) is 37.9 Å². The Hall–Kier alpha value is -0.890. The molecule has 2 rings (SSSR count). The van der Waals surface area contributed by atoms with E-state index in [1.807, 2.05) is 19.9 Å². The number of aryl methyl sites for hydroxylation is 1. The molecule has 1 N–H and O–H groups in total. The molecule has 6 heteroatoms. The van der Waals surface area contributed by atoms with Crippen molar-refractivity contribution in [1.29, 1.82) is 0 Å². The first-order valence-electron chi connectivity index (χ1n) is 6.25. The highest BCUT2D eigenvalue weighted by molar-refractivity contribution is 14.1. The Kier molecular flexibility index (Phi) is 5.59. The molecule has 0 spiro atoms. The van der Waals surface area contributed by atoms with Crippen molar-refractivity contribution in [3.05, 3.63) is 45.2 Å². The molecule has 0 aliphatic rings. The van der Waals surface area contributed by atoms with Crippen LogP contribution in [0.3, 0.4) is 0 Å². The highest BCUT2D eigenvalue weighted by Gasteiger charge is 2.09. The second kappa shape index (κ2) is 7.21. The number of halogens is 2. The summed E-state index contributed by atoms with van der Waals surface area (Å²) in [6.07, 6.45) is 0. The minimum absolute atomic E-state index is 0.219. The van der Waals surface area contributed by atoms with Gasteiger partial charge in [-0.2, -0.15) is 0 Å². The Morgan fingerprint density at radius 1 is 1.35 bits per heavy atom. The largest absolute Gasteiger partial charge is 0.369 e. The fourth-order valence-electron chi connectivity index (χ4n) is 1.67. The monoisotopic (exact) mass is 403 g/mol. The Morgan fingerprint density at radius 3 is 2.85 bits per heavy atom. The summed E-state index contributed by atoms with van der Waals surface area (Å²) < 4.78 is 14.2. The third-order valence-corrected chi connectivity index (χ3v) is 4.85. The maximum absolute atomic E-state index is 13.1. The van der Waals surface area contributed by atoms with Gasteiger partial charge in [0.25, 0.3) is 0 Å². The van der Waals surface area contributed by atoms with Gasteiger partial charge in [0.2, 0.25) is 0 Å². The highest BCUT2D eigenvalue weighted by Crippen LogP contribution is 2.24. The molecule has 3 nitrogen and oxygen atoms in total. The first-order chi connectivity index (χ1) is 9.60. The summed E-state index contributed by atoms with van der Waals surface area (Å²) in [6.45, 7) is 4.83. The van der Waals surface area contributed by atoms with Gasteiger partial charge >= 0.3 is 0 Å². The van der Waals surface area contributed by atoms with Crippen LogP contribution in [0.5, 0.6) is 0 Å². The van der Waals surface area contributed by atoms with Crippen molar-refractivity contribution < 1.29 is 4.39 Å². The van der Waals surface area contributed by atoms with Crippen LogP contribution >= 0.6 is 34.4 Å². The molecule has 1 aromatic heterocycles. The highest BCUT2D eigenvalue weighted by atomic mass is 127. The van der Waals surface area contributed by atoms with Crippen molar-refractivity contribution in [1.82, 2.24) is 9.97 Å². The topological polar surface area (TPSA) is 37.8 Å². The lowest BCUT2D eigenvalue weighted by atomic mass is 10.4. The van der Waals surface area contributed by atoms with Crippen LogP contribution in [0.2, 0.25) is 0 Å². The van der Waals surface area contributed by atoms with Crippen molar-refractivity contribution >= 4 is 40.2 Å². The third-order valence-electron chi connectivity index (χ3n) is 2.57. The number of thioether (sulfide) groups is 1.